The predicted molar refractivity (Wildman–Crippen MR) is 132 cm³/mol. The second-order valence-corrected chi connectivity index (χ2v) is 8.67. The van der Waals surface area contributed by atoms with E-state index < -0.39 is 5.91 Å². The zero-order valence-corrected chi connectivity index (χ0v) is 19.3. The number of thiazole rings is 1. The number of benzene rings is 3. The second-order valence-electron chi connectivity index (χ2n) is 6.41. The predicted octanol–water partition coefficient (Wildman–Crippen LogP) is 6.41. The van der Waals surface area contributed by atoms with Crippen LogP contribution in [0.15, 0.2) is 60.7 Å². The maximum atomic E-state index is 12.6. The monoisotopic (exact) mass is 487 g/mol. The number of amides is 1. The molecule has 1 heterocycles. The summed E-state index contributed by atoms with van der Waals surface area (Å²) in [5.74, 6) is -0.133. The smallest absolute Gasteiger partial charge is 0.257 e. The average Bonchev–Trinajstić information content (AvgIpc) is 3.18. The third-order valence-corrected chi connectivity index (χ3v) is 6.23. The number of thiocarbonyl (C=S) groups is 1. The fourth-order valence-electron chi connectivity index (χ4n) is 2.98. The molecule has 1 amide bonds. The van der Waals surface area contributed by atoms with Gasteiger partial charge in [0.15, 0.2) is 10.9 Å². The van der Waals surface area contributed by atoms with Crippen LogP contribution in [0, 0.1) is 0 Å². The number of anilines is 1. The zero-order valence-electron chi connectivity index (χ0n) is 16.1. The van der Waals surface area contributed by atoms with Crippen LogP contribution in [0.25, 0.3) is 20.8 Å². The maximum Gasteiger partial charge on any atom is 0.257 e. The van der Waals surface area contributed by atoms with E-state index in [0.717, 1.165) is 26.5 Å². The highest BCUT2D eigenvalue weighted by atomic mass is 35.5. The minimum atomic E-state index is -0.443. The van der Waals surface area contributed by atoms with Crippen molar-refractivity contribution in [3.63, 3.8) is 0 Å². The van der Waals surface area contributed by atoms with Crippen molar-refractivity contribution in [1.82, 2.24) is 10.3 Å². The van der Waals surface area contributed by atoms with Gasteiger partial charge in [-0.05, 0) is 48.6 Å². The number of hydrogen-bond donors (Lipinski definition) is 2. The largest absolute Gasteiger partial charge is 0.494 e. The van der Waals surface area contributed by atoms with Crippen LogP contribution in [-0.2, 0) is 0 Å². The quantitative estimate of drug-likeness (QED) is 0.325. The molecule has 0 fully saturated rings. The number of halogens is 2. The third kappa shape index (κ3) is 4.65. The van der Waals surface area contributed by atoms with Crippen LogP contribution < -0.4 is 15.4 Å². The van der Waals surface area contributed by atoms with E-state index in [4.69, 9.17) is 45.1 Å². The number of carbonyl (C=O) groups excluding carboxylic acids is 1. The average molecular weight is 488 g/mol. The van der Waals surface area contributed by atoms with Crippen LogP contribution in [0.4, 0.5) is 5.69 Å². The molecule has 0 aliphatic carbocycles. The molecule has 0 atom stereocenters. The summed E-state index contributed by atoms with van der Waals surface area (Å²) in [6.45, 7) is 0. The number of aromatic nitrogens is 1. The highest BCUT2D eigenvalue weighted by molar-refractivity contribution is 7.80. The van der Waals surface area contributed by atoms with Crippen molar-refractivity contribution in [3.05, 3.63) is 76.3 Å². The van der Waals surface area contributed by atoms with Gasteiger partial charge in [0.1, 0.15) is 5.01 Å². The Bertz CT molecular complexity index is 1250. The summed E-state index contributed by atoms with van der Waals surface area (Å²) in [6.07, 6.45) is 0. The van der Waals surface area contributed by atoms with Crippen LogP contribution >= 0.6 is 46.8 Å². The van der Waals surface area contributed by atoms with E-state index in [9.17, 15) is 4.79 Å². The molecule has 2 N–H and O–H groups in total. The first-order valence-corrected chi connectivity index (χ1v) is 11.0. The molecular weight excluding hydrogens is 473 g/mol. The first-order valence-electron chi connectivity index (χ1n) is 9.06. The van der Waals surface area contributed by atoms with Gasteiger partial charge in [-0.15, -0.1) is 11.3 Å². The van der Waals surface area contributed by atoms with Crippen molar-refractivity contribution in [2.45, 2.75) is 0 Å². The number of fused-ring (bicyclic) bond motifs is 1. The summed E-state index contributed by atoms with van der Waals surface area (Å²) in [4.78, 5) is 17.3. The minimum Gasteiger partial charge on any atom is -0.494 e. The van der Waals surface area contributed by atoms with Crippen LogP contribution in [0.5, 0.6) is 5.75 Å². The van der Waals surface area contributed by atoms with Crippen molar-refractivity contribution < 1.29 is 9.53 Å². The first kappa shape index (κ1) is 21.5. The Morgan fingerprint density at radius 1 is 1.06 bits per heavy atom. The Morgan fingerprint density at radius 2 is 1.74 bits per heavy atom. The topological polar surface area (TPSA) is 63.2 Å². The highest BCUT2D eigenvalue weighted by Crippen LogP contribution is 2.35. The van der Waals surface area contributed by atoms with Gasteiger partial charge < -0.3 is 10.1 Å². The van der Waals surface area contributed by atoms with Gasteiger partial charge in [0.2, 0.25) is 0 Å². The molecule has 0 spiro atoms. The molecule has 0 saturated carbocycles. The molecule has 0 bridgehead atoms. The first-order chi connectivity index (χ1) is 15.0. The lowest BCUT2D eigenvalue weighted by Gasteiger charge is -2.13. The SMILES string of the molecule is COc1c(Cl)cc(C(=O)NC(=S)Nc2ccccc2-c2nc3ccccc3s2)cc1Cl. The Morgan fingerprint density at radius 3 is 2.45 bits per heavy atom. The lowest BCUT2D eigenvalue weighted by atomic mass is 10.2. The van der Waals surface area contributed by atoms with E-state index >= 15 is 0 Å². The molecule has 5 nitrogen and oxygen atoms in total. The minimum absolute atomic E-state index is 0.140. The van der Waals surface area contributed by atoms with Crippen molar-refractivity contribution in [2.75, 3.05) is 12.4 Å². The van der Waals surface area contributed by atoms with Crippen LogP contribution in [0.1, 0.15) is 10.4 Å². The van der Waals surface area contributed by atoms with E-state index in [2.05, 4.69) is 10.6 Å². The van der Waals surface area contributed by atoms with E-state index in [1.165, 1.54) is 19.2 Å². The van der Waals surface area contributed by atoms with Crippen molar-refractivity contribution >= 4 is 73.7 Å². The number of carbonyl (C=O) groups is 1. The number of nitrogens with one attached hydrogen (secondary N) is 2. The second kappa shape index (κ2) is 9.20. The molecule has 0 unspecified atom stereocenters. The fourth-order valence-corrected chi connectivity index (χ4v) is 4.83. The normalized spacial score (nSPS) is 10.7. The van der Waals surface area contributed by atoms with Gasteiger partial charge in [-0.3, -0.25) is 10.1 Å². The molecule has 0 aliphatic rings. The number of rotatable bonds is 4. The Hall–Kier alpha value is -2.71. The van der Waals surface area contributed by atoms with Crippen molar-refractivity contribution in [2.24, 2.45) is 0 Å². The van der Waals surface area contributed by atoms with Gasteiger partial charge in [-0.25, -0.2) is 4.98 Å². The number of nitrogens with zero attached hydrogens (tertiary/aromatic N) is 1. The lowest BCUT2D eigenvalue weighted by molar-refractivity contribution is 0.0977. The third-order valence-electron chi connectivity index (χ3n) is 4.39. The lowest BCUT2D eigenvalue weighted by Crippen LogP contribution is -2.34. The van der Waals surface area contributed by atoms with Crippen LogP contribution in [-0.4, -0.2) is 23.1 Å². The summed E-state index contributed by atoms with van der Waals surface area (Å²) in [5, 5.41) is 7.20. The summed E-state index contributed by atoms with van der Waals surface area (Å²) >= 11 is 19.2. The molecule has 3 aromatic carbocycles. The van der Waals surface area contributed by atoms with Crippen molar-refractivity contribution in [1.29, 1.82) is 0 Å². The maximum absolute atomic E-state index is 12.6. The molecule has 1 aromatic heterocycles. The van der Waals surface area contributed by atoms with Gasteiger partial charge in [-0.2, -0.15) is 0 Å². The van der Waals surface area contributed by atoms with Crippen molar-refractivity contribution in [3.8, 4) is 16.3 Å². The van der Waals surface area contributed by atoms with Crippen LogP contribution in [0.2, 0.25) is 10.0 Å². The highest BCUT2D eigenvalue weighted by Gasteiger charge is 2.16. The molecule has 31 heavy (non-hydrogen) atoms. The Balaban J connectivity index is 1.54. The van der Waals surface area contributed by atoms with Gasteiger partial charge in [-0.1, -0.05) is 47.5 Å². The van der Waals surface area contributed by atoms with Gasteiger partial charge in [0.05, 0.1) is 33.1 Å². The molecular formula is C22H15Cl2N3O2S2. The zero-order chi connectivity index (χ0) is 22.0. The Labute approximate surface area is 198 Å². The van der Waals surface area contributed by atoms with E-state index in [-0.39, 0.29) is 20.7 Å². The molecule has 0 saturated heterocycles. The molecule has 0 aliphatic heterocycles. The van der Waals surface area contributed by atoms with Gasteiger partial charge >= 0.3 is 0 Å². The van der Waals surface area contributed by atoms with Gasteiger partial charge in [0.25, 0.3) is 5.91 Å². The molecule has 9 heteroatoms. The molecule has 4 aromatic rings. The molecule has 4 rings (SSSR count). The standard InChI is InChI=1S/C22H15Cl2N3O2S2/c1-29-19-14(23)10-12(11-15(19)24)20(28)27-22(30)26-16-7-3-2-6-13(16)21-25-17-8-4-5-9-18(17)31-21/h2-11H,1H3,(H2,26,27,28,30). The van der Waals surface area contributed by atoms with Crippen LogP contribution in [0.3, 0.4) is 0 Å². The Kier molecular flexibility index (Phi) is 6.38. The van der Waals surface area contributed by atoms with E-state index in [1.54, 1.807) is 11.3 Å². The number of hydrogen-bond acceptors (Lipinski definition) is 5. The summed E-state index contributed by atoms with van der Waals surface area (Å²) in [5.41, 5.74) is 2.81. The summed E-state index contributed by atoms with van der Waals surface area (Å²) < 4.78 is 6.20. The molecule has 0 radical (unpaired) electrons. The number of methoxy groups -OCH3 is 1. The number of ether oxygens (including phenoxy) is 1. The summed E-state index contributed by atoms with van der Waals surface area (Å²) in [7, 11) is 1.45. The number of para-hydroxylation sites is 2. The summed E-state index contributed by atoms with van der Waals surface area (Å²) in [6, 6.07) is 18.5. The van der Waals surface area contributed by atoms with E-state index in [0.29, 0.717) is 5.75 Å². The molecule has 156 valence electrons. The fraction of sp³-hybridized carbons (Fsp3) is 0.0455. The van der Waals surface area contributed by atoms with E-state index in [1.807, 2.05) is 48.5 Å². The van der Waals surface area contributed by atoms with Gasteiger partial charge in [0, 0.05) is 11.1 Å².